The minimum absolute atomic E-state index is 0.302. The second kappa shape index (κ2) is 4.20. The van der Waals surface area contributed by atoms with E-state index < -0.39 is 0 Å². The number of hydrogen-bond acceptors (Lipinski definition) is 2. The second-order valence-corrected chi connectivity index (χ2v) is 6.09. The Morgan fingerprint density at radius 1 is 1.26 bits per heavy atom. The van der Waals surface area contributed by atoms with Crippen LogP contribution in [0.3, 0.4) is 0 Å². The van der Waals surface area contributed by atoms with E-state index in [1.165, 1.54) is 11.3 Å². The van der Waals surface area contributed by atoms with Gasteiger partial charge in [0.2, 0.25) is 0 Å². The average molecular weight is 255 g/mol. The van der Waals surface area contributed by atoms with Crippen molar-refractivity contribution in [1.82, 2.24) is 9.78 Å². The molecule has 0 aliphatic heterocycles. The van der Waals surface area contributed by atoms with E-state index in [9.17, 15) is 0 Å². The summed E-state index contributed by atoms with van der Waals surface area (Å²) in [6, 6.07) is 12.6. The van der Waals surface area contributed by atoms with E-state index in [0.29, 0.717) is 17.3 Å². The van der Waals surface area contributed by atoms with Gasteiger partial charge in [0.25, 0.3) is 0 Å². The maximum atomic E-state index is 5.88. The van der Waals surface area contributed by atoms with Crippen LogP contribution in [-0.2, 0) is 7.05 Å². The van der Waals surface area contributed by atoms with Gasteiger partial charge in [-0.05, 0) is 23.9 Å². The molecule has 1 aliphatic rings. The summed E-state index contributed by atoms with van der Waals surface area (Å²) in [5.41, 5.74) is 9.71. The number of hydrogen-bond donors (Lipinski definition) is 1. The molecule has 1 aliphatic carbocycles. The smallest absolute Gasteiger partial charge is 0.0926 e. The van der Waals surface area contributed by atoms with E-state index in [1.807, 2.05) is 29.9 Å². The van der Waals surface area contributed by atoms with Crippen molar-refractivity contribution >= 4 is 0 Å². The van der Waals surface area contributed by atoms with Crippen LogP contribution in [0.25, 0.3) is 11.3 Å². The SMILES string of the molecule is Cn1nc(-c2ccccc2)cc1C1C(CN)C1(C)C. The topological polar surface area (TPSA) is 43.8 Å². The number of nitrogens with two attached hydrogens (primary N) is 1. The molecule has 0 radical (unpaired) electrons. The Morgan fingerprint density at radius 3 is 2.53 bits per heavy atom. The summed E-state index contributed by atoms with van der Waals surface area (Å²) in [6.45, 7) is 5.35. The van der Waals surface area contributed by atoms with Gasteiger partial charge in [0.15, 0.2) is 0 Å². The van der Waals surface area contributed by atoms with Crippen LogP contribution in [0.4, 0.5) is 0 Å². The zero-order valence-electron chi connectivity index (χ0n) is 11.8. The molecule has 3 rings (SSSR count). The summed E-state index contributed by atoms with van der Waals surface area (Å²) in [5, 5.41) is 4.65. The molecule has 0 saturated heterocycles. The highest BCUT2D eigenvalue weighted by molar-refractivity contribution is 5.59. The molecule has 1 saturated carbocycles. The largest absolute Gasteiger partial charge is 0.330 e. The molecule has 0 amide bonds. The summed E-state index contributed by atoms with van der Waals surface area (Å²) in [7, 11) is 2.03. The van der Waals surface area contributed by atoms with E-state index in [2.05, 4.69) is 37.1 Å². The molecular formula is C16H21N3. The maximum Gasteiger partial charge on any atom is 0.0926 e. The maximum absolute atomic E-state index is 5.88. The first-order chi connectivity index (χ1) is 9.05. The third-order valence-corrected chi connectivity index (χ3v) is 4.61. The first-order valence-electron chi connectivity index (χ1n) is 6.85. The van der Waals surface area contributed by atoms with Crippen LogP contribution in [0.1, 0.15) is 25.5 Å². The van der Waals surface area contributed by atoms with Crippen LogP contribution >= 0.6 is 0 Å². The molecule has 100 valence electrons. The zero-order chi connectivity index (χ0) is 13.6. The number of aryl methyl sites for hydroxylation is 1. The zero-order valence-corrected chi connectivity index (χ0v) is 11.8. The van der Waals surface area contributed by atoms with Gasteiger partial charge in [0, 0.05) is 24.2 Å². The minimum atomic E-state index is 0.302. The molecule has 0 bridgehead atoms. The van der Waals surface area contributed by atoms with Crippen molar-refractivity contribution in [1.29, 1.82) is 0 Å². The third kappa shape index (κ3) is 1.89. The van der Waals surface area contributed by atoms with Gasteiger partial charge >= 0.3 is 0 Å². The van der Waals surface area contributed by atoms with Crippen molar-refractivity contribution in [3.05, 3.63) is 42.1 Å². The van der Waals surface area contributed by atoms with Crippen LogP contribution in [0.5, 0.6) is 0 Å². The van der Waals surface area contributed by atoms with Gasteiger partial charge < -0.3 is 5.73 Å². The highest BCUT2D eigenvalue weighted by Crippen LogP contribution is 2.63. The van der Waals surface area contributed by atoms with Crippen LogP contribution in [0.2, 0.25) is 0 Å². The van der Waals surface area contributed by atoms with Crippen LogP contribution in [-0.4, -0.2) is 16.3 Å². The Bertz CT molecular complexity index is 583. The molecule has 1 aromatic heterocycles. The van der Waals surface area contributed by atoms with Crippen molar-refractivity contribution in [2.75, 3.05) is 6.54 Å². The molecule has 0 spiro atoms. The van der Waals surface area contributed by atoms with Crippen LogP contribution in [0, 0.1) is 11.3 Å². The highest BCUT2D eigenvalue weighted by Gasteiger charge is 2.58. The van der Waals surface area contributed by atoms with Gasteiger partial charge in [0.05, 0.1) is 5.69 Å². The standard InChI is InChI=1S/C16H21N3/c1-16(2)12(10-17)15(16)14-9-13(18-19(14)3)11-7-5-4-6-8-11/h4-9,12,15H,10,17H2,1-3H3. The number of benzene rings is 1. The number of nitrogens with zero attached hydrogens (tertiary/aromatic N) is 2. The van der Waals surface area contributed by atoms with Gasteiger partial charge in [0.1, 0.15) is 0 Å². The minimum Gasteiger partial charge on any atom is -0.330 e. The van der Waals surface area contributed by atoms with Crippen molar-refractivity contribution in [3.63, 3.8) is 0 Å². The Kier molecular flexibility index (Phi) is 2.75. The number of aromatic nitrogens is 2. The molecule has 2 N–H and O–H groups in total. The lowest BCUT2D eigenvalue weighted by atomic mass is 10.1. The first-order valence-corrected chi connectivity index (χ1v) is 6.85. The summed E-state index contributed by atoms with van der Waals surface area (Å²) < 4.78 is 2.02. The highest BCUT2D eigenvalue weighted by atomic mass is 15.3. The number of rotatable bonds is 3. The summed E-state index contributed by atoms with van der Waals surface area (Å²) >= 11 is 0. The monoisotopic (exact) mass is 255 g/mol. The van der Waals surface area contributed by atoms with E-state index >= 15 is 0 Å². The van der Waals surface area contributed by atoms with Crippen molar-refractivity contribution < 1.29 is 0 Å². The average Bonchev–Trinajstić information content (AvgIpc) is 2.75. The molecule has 1 aromatic carbocycles. The third-order valence-electron chi connectivity index (χ3n) is 4.61. The Labute approximate surface area is 114 Å². The molecule has 3 nitrogen and oxygen atoms in total. The summed E-state index contributed by atoms with van der Waals surface area (Å²) in [6.07, 6.45) is 0. The normalized spacial score (nSPS) is 24.4. The van der Waals surface area contributed by atoms with Gasteiger partial charge in [-0.2, -0.15) is 5.10 Å². The second-order valence-electron chi connectivity index (χ2n) is 6.09. The van der Waals surface area contributed by atoms with Crippen molar-refractivity contribution in [2.24, 2.45) is 24.1 Å². The van der Waals surface area contributed by atoms with E-state index in [4.69, 9.17) is 5.73 Å². The van der Waals surface area contributed by atoms with Crippen molar-refractivity contribution in [2.45, 2.75) is 19.8 Å². The van der Waals surface area contributed by atoms with Gasteiger partial charge in [-0.1, -0.05) is 44.2 Å². The molecule has 2 atom stereocenters. The van der Waals surface area contributed by atoms with E-state index in [-0.39, 0.29) is 0 Å². The lowest BCUT2D eigenvalue weighted by Crippen LogP contribution is -2.05. The lowest BCUT2D eigenvalue weighted by Gasteiger charge is -2.02. The first kappa shape index (κ1) is 12.4. The molecule has 3 heteroatoms. The molecule has 19 heavy (non-hydrogen) atoms. The van der Waals surface area contributed by atoms with Gasteiger partial charge in [-0.3, -0.25) is 4.68 Å². The molecule has 1 heterocycles. The fourth-order valence-electron chi connectivity index (χ4n) is 3.29. The van der Waals surface area contributed by atoms with E-state index in [0.717, 1.165) is 12.2 Å². The fraction of sp³-hybridized carbons (Fsp3) is 0.438. The Morgan fingerprint density at radius 2 is 1.95 bits per heavy atom. The molecule has 2 aromatic rings. The Balaban J connectivity index is 1.96. The van der Waals surface area contributed by atoms with Gasteiger partial charge in [-0.15, -0.1) is 0 Å². The molecule has 1 fully saturated rings. The lowest BCUT2D eigenvalue weighted by molar-refractivity contribution is 0.553. The predicted octanol–water partition coefficient (Wildman–Crippen LogP) is 2.79. The summed E-state index contributed by atoms with van der Waals surface area (Å²) in [4.78, 5) is 0. The van der Waals surface area contributed by atoms with Gasteiger partial charge in [-0.25, -0.2) is 0 Å². The molecular weight excluding hydrogens is 234 g/mol. The van der Waals surface area contributed by atoms with Crippen LogP contribution < -0.4 is 5.73 Å². The quantitative estimate of drug-likeness (QED) is 0.916. The Hall–Kier alpha value is -1.61. The van der Waals surface area contributed by atoms with Crippen LogP contribution in [0.15, 0.2) is 36.4 Å². The van der Waals surface area contributed by atoms with E-state index in [1.54, 1.807) is 0 Å². The fourth-order valence-corrected chi connectivity index (χ4v) is 3.29. The molecule has 2 unspecified atom stereocenters. The summed E-state index contributed by atoms with van der Waals surface area (Å²) in [5.74, 6) is 1.11. The van der Waals surface area contributed by atoms with Crippen molar-refractivity contribution in [3.8, 4) is 11.3 Å². The predicted molar refractivity (Wildman–Crippen MR) is 77.7 cm³/mol.